The molecule has 2 aromatic carbocycles. The molecule has 0 heterocycles. The summed E-state index contributed by atoms with van der Waals surface area (Å²) in [7, 11) is 0. The highest BCUT2D eigenvalue weighted by Gasteiger charge is 2.10. The van der Waals surface area contributed by atoms with Gasteiger partial charge in [0, 0.05) is 0 Å². The lowest BCUT2D eigenvalue weighted by Gasteiger charge is -2.13. The number of alkyl halides is 2. The summed E-state index contributed by atoms with van der Waals surface area (Å²) in [6.07, 6.45) is -0.837. The number of ether oxygens (including phenoxy) is 2. The summed E-state index contributed by atoms with van der Waals surface area (Å²) in [6, 6.07) is 14.9. The fraction of sp³-hybridized carbons (Fsp3) is 0.200. The van der Waals surface area contributed by atoms with Crippen LogP contribution in [-0.4, -0.2) is 18.3 Å². The van der Waals surface area contributed by atoms with E-state index in [1.807, 2.05) is 18.2 Å². The minimum Gasteiger partial charge on any atom is -0.491 e. The Balaban J connectivity index is 1.90. The molecular formula is C15H14F2O3. The Morgan fingerprint density at radius 2 is 1.55 bits per heavy atom. The quantitative estimate of drug-likeness (QED) is 0.881. The third-order valence-electron chi connectivity index (χ3n) is 2.64. The Bertz CT molecular complexity index is 514. The van der Waals surface area contributed by atoms with Crippen LogP contribution in [0.5, 0.6) is 11.5 Å². The number of aliphatic hydroxyl groups is 1. The van der Waals surface area contributed by atoms with Gasteiger partial charge in [-0.1, -0.05) is 30.3 Å². The standard InChI is InChI=1S/C15H14F2O3/c16-15(17)20-13-8-6-11(7-9-13)14(18)10-19-12-4-2-1-3-5-12/h1-9,14-15,18H,10H2. The van der Waals surface area contributed by atoms with Crippen molar-refractivity contribution in [3.8, 4) is 11.5 Å². The van der Waals surface area contributed by atoms with Crippen molar-refractivity contribution in [3.05, 3.63) is 60.2 Å². The molecule has 0 amide bonds. The summed E-state index contributed by atoms with van der Waals surface area (Å²) in [4.78, 5) is 0. The predicted octanol–water partition coefficient (Wildman–Crippen LogP) is 3.40. The van der Waals surface area contributed by atoms with E-state index in [1.54, 1.807) is 12.1 Å². The molecule has 0 fully saturated rings. The van der Waals surface area contributed by atoms with Crippen molar-refractivity contribution in [1.82, 2.24) is 0 Å². The first-order valence-electron chi connectivity index (χ1n) is 6.06. The summed E-state index contributed by atoms with van der Waals surface area (Å²) < 4.78 is 33.6. The van der Waals surface area contributed by atoms with E-state index in [0.717, 1.165) is 0 Å². The molecule has 1 unspecified atom stereocenters. The zero-order valence-corrected chi connectivity index (χ0v) is 10.6. The van der Waals surface area contributed by atoms with Gasteiger partial charge in [-0.3, -0.25) is 0 Å². The molecule has 2 rings (SSSR count). The van der Waals surface area contributed by atoms with E-state index in [1.165, 1.54) is 24.3 Å². The van der Waals surface area contributed by atoms with Gasteiger partial charge in [-0.15, -0.1) is 0 Å². The van der Waals surface area contributed by atoms with Crippen molar-refractivity contribution in [3.63, 3.8) is 0 Å². The highest BCUT2D eigenvalue weighted by molar-refractivity contribution is 5.29. The maximum Gasteiger partial charge on any atom is 0.387 e. The Morgan fingerprint density at radius 1 is 0.900 bits per heavy atom. The van der Waals surface area contributed by atoms with Crippen molar-refractivity contribution < 1.29 is 23.4 Å². The van der Waals surface area contributed by atoms with Crippen LogP contribution in [-0.2, 0) is 0 Å². The first-order chi connectivity index (χ1) is 9.65. The van der Waals surface area contributed by atoms with Gasteiger partial charge in [0.1, 0.15) is 24.2 Å². The first-order valence-corrected chi connectivity index (χ1v) is 6.06. The van der Waals surface area contributed by atoms with Gasteiger partial charge in [0.2, 0.25) is 0 Å². The summed E-state index contributed by atoms with van der Waals surface area (Å²) >= 11 is 0. The largest absolute Gasteiger partial charge is 0.491 e. The molecule has 0 radical (unpaired) electrons. The van der Waals surface area contributed by atoms with Crippen LogP contribution in [0.15, 0.2) is 54.6 Å². The molecule has 0 aromatic heterocycles. The van der Waals surface area contributed by atoms with Gasteiger partial charge in [-0.25, -0.2) is 0 Å². The maximum absolute atomic E-state index is 12.0. The first kappa shape index (κ1) is 14.3. The number of para-hydroxylation sites is 1. The van der Waals surface area contributed by atoms with E-state index in [4.69, 9.17) is 4.74 Å². The highest BCUT2D eigenvalue weighted by atomic mass is 19.3. The molecule has 2 aromatic rings. The third kappa shape index (κ3) is 4.20. The average molecular weight is 280 g/mol. The Labute approximate surface area is 115 Å². The van der Waals surface area contributed by atoms with Gasteiger partial charge in [0.15, 0.2) is 0 Å². The van der Waals surface area contributed by atoms with Crippen molar-refractivity contribution in [2.45, 2.75) is 12.7 Å². The molecule has 0 aliphatic heterocycles. The number of hydrogen-bond acceptors (Lipinski definition) is 3. The van der Waals surface area contributed by atoms with Crippen LogP contribution in [0.4, 0.5) is 8.78 Å². The normalized spacial score (nSPS) is 12.2. The van der Waals surface area contributed by atoms with Gasteiger partial charge in [0.25, 0.3) is 0 Å². The lowest BCUT2D eigenvalue weighted by atomic mass is 10.1. The van der Waals surface area contributed by atoms with Crippen LogP contribution in [0.1, 0.15) is 11.7 Å². The van der Waals surface area contributed by atoms with Crippen LogP contribution < -0.4 is 9.47 Å². The van der Waals surface area contributed by atoms with Gasteiger partial charge < -0.3 is 14.6 Å². The molecule has 0 aliphatic rings. The van der Waals surface area contributed by atoms with Crippen molar-refractivity contribution >= 4 is 0 Å². The van der Waals surface area contributed by atoms with Crippen LogP contribution in [0, 0.1) is 0 Å². The van der Waals surface area contributed by atoms with Gasteiger partial charge in [0.05, 0.1) is 0 Å². The number of hydrogen-bond donors (Lipinski definition) is 1. The van der Waals surface area contributed by atoms with Crippen molar-refractivity contribution in [2.75, 3.05) is 6.61 Å². The Morgan fingerprint density at radius 3 is 2.15 bits per heavy atom. The van der Waals surface area contributed by atoms with E-state index in [2.05, 4.69) is 4.74 Å². The molecular weight excluding hydrogens is 266 g/mol. The zero-order chi connectivity index (χ0) is 14.4. The number of rotatable bonds is 6. The molecule has 5 heteroatoms. The van der Waals surface area contributed by atoms with E-state index < -0.39 is 12.7 Å². The van der Waals surface area contributed by atoms with E-state index in [-0.39, 0.29) is 12.4 Å². The summed E-state index contributed by atoms with van der Waals surface area (Å²) in [5.41, 5.74) is 0.572. The van der Waals surface area contributed by atoms with E-state index in [0.29, 0.717) is 11.3 Å². The van der Waals surface area contributed by atoms with Crippen LogP contribution >= 0.6 is 0 Å². The minimum atomic E-state index is -2.85. The topological polar surface area (TPSA) is 38.7 Å². The molecule has 20 heavy (non-hydrogen) atoms. The minimum absolute atomic E-state index is 0.0555. The maximum atomic E-state index is 12.0. The fourth-order valence-corrected chi connectivity index (χ4v) is 1.66. The summed E-state index contributed by atoms with van der Waals surface area (Å²) in [5, 5.41) is 9.94. The predicted molar refractivity (Wildman–Crippen MR) is 70.0 cm³/mol. The van der Waals surface area contributed by atoms with Crippen LogP contribution in [0.25, 0.3) is 0 Å². The number of halogens is 2. The lowest BCUT2D eigenvalue weighted by molar-refractivity contribution is -0.0498. The molecule has 1 atom stereocenters. The monoisotopic (exact) mass is 280 g/mol. The molecule has 0 saturated heterocycles. The molecule has 106 valence electrons. The molecule has 0 aliphatic carbocycles. The van der Waals surface area contributed by atoms with Crippen molar-refractivity contribution in [1.29, 1.82) is 0 Å². The number of aliphatic hydroxyl groups excluding tert-OH is 1. The van der Waals surface area contributed by atoms with E-state index >= 15 is 0 Å². The highest BCUT2D eigenvalue weighted by Crippen LogP contribution is 2.20. The second kappa shape index (κ2) is 6.86. The smallest absolute Gasteiger partial charge is 0.387 e. The average Bonchev–Trinajstić information content (AvgIpc) is 2.46. The van der Waals surface area contributed by atoms with E-state index in [9.17, 15) is 13.9 Å². The third-order valence-corrected chi connectivity index (χ3v) is 2.64. The van der Waals surface area contributed by atoms with Gasteiger partial charge in [-0.05, 0) is 29.8 Å². The van der Waals surface area contributed by atoms with Gasteiger partial charge in [-0.2, -0.15) is 8.78 Å². The fourth-order valence-electron chi connectivity index (χ4n) is 1.66. The molecule has 0 saturated carbocycles. The Hall–Kier alpha value is -2.14. The van der Waals surface area contributed by atoms with Crippen molar-refractivity contribution in [2.24, 2.45) is 0 Å². The molecule has 3 nitrogen and oxygen atoms in total. The second-order valence-corrected chi connectivity index (χ2v) is 4.09. The summed E-state index contributed by atoms with van der Waals surface area (Å²) in [6.45, 7) is -2.77. The molecule has 0 spiro atoms. The van der Waals surface area contributed by atoms with Gasteiger partial charge >= 0.3 is 6.61 Å². The summed E-state index contributed by atoms with van der Waals surface area (Å²) in [5.74, 6) is 0.712. The second-order valence-electron chi connectivity index (χ2n) is 4.09. The SMILES string of the molecule is OC(COc1ccccc1)c1ccc(OC(F)F)cc1. The Kier molecular flexibility index (Phi) is 4.90. The van der Waals surface area contributed by atoms with Crippen LogP contribution in [0.2, 0.25) is 0 Å². The number of benzene rings is 2. The molecule has 0 bridgehead atoms. The molecule has 1 N–H and O–H groups in total. The van der Waals surface area contributed by atoms with Crippen LogP contribution in [0.3, 0.4) is 0 Å². The zero-order valence-electron chi connectivity index (χ0n) is 10.6. The lowest BCUT2D eigenvalue weighted by Crippen LogP contribution is -2.09.